The standard InChI is InChI=1S/C12H14N4O/c17-12(11-5-2-1-3-6-11)13-7-4-9-16-10-8-14-15-16/h1-3,5-6,8,10H,4,7,9H2,(H,13,17). The van der Waals surface area contributed by atoms with E-state index in [9.17, 15) is 4.79 Å². The summed E-state index contributed by atoms with van der Waals surface area (Å²) in [5.74, 6) is -0.0378. The summed E-state index contributed by atoms with van der Waals surface area (Å²) in [7, 11) is 0. The third-order valence-electron chi connectivity index (χ3n) is 2.36. The fraction of sp³-hybridized carbons (Fsp3) is 0.250. The lowest BCUT2D eigenvalue weighted by atomic mass is 10.2. The molecule has 1 aromatic carbocycles. The first-order chi connectivity index (χ1) is 8.36. The molecule has 0 fully saturated rings. The Hall–Kier alpha value is -2.17. The van der Waals surface area contributed by atoms with E-state index < -0.39 is 0 Å². The van der Waals surface area contributed by atoms with E-state index in [4.69, 9.17) is 0 Å². The van der Waals surface area contributed by atoms with Crippen molar-refractivity contribution in [2.75, 3.05) is 6.54 Å². The molecule has 0 aliphatic carbocycles. The number of hydrogen-bond donors (Lipinski definition) is 1. The molecule has 0 bridgehead atoms. The molecule has 1 heterocycles. The van der Waals surface area contributed by atoms with Gasteiger partial charge >= 0.3 is 0 Å². The fourth-order valence-electron chi connectivity index (χ4n) is 1.49. The number of aryl methyl sites for hydroxylation is 1. The van der Waals surface area contributed by atoms with E-state index >= 15 is 0 Å². The fourth-order valence-corrected chi connectivity index (χ4v) is 1.49. The number of carbonyl (C=O) groups excluding carboxylic acids is 1. The zero-order valence-corrected chi connectivity index (χ0v) is 9.41. The maximum absolute atomic E-state index is 11.7. The lowest BCUT2D eigenvalue weighted by molar-refractivity contribution is 0.0952. The maximum atomic E-state index is 11.7. The highest BCUT2D eigenvalue weighted by Crippen LogP contribution is 1.97. The Kier molecular flexibility index (Phi) is 3.85. The molecule has 0 saturated carbocycles. The van der Waals surface area contributed by atoms with Gasteiger partial charge in [0.2, 0.25) is 0 Å². The molecule has 5 nitrogen and oxygen atoms in total. The summed E-state index contributed by atoms with van der Waals surface area (Å²) >= 11 is 0. The minimum atomic E-state index is -0.0378. The van der Waals surface area contributed by atoms with Crippen molar-refractivity contribution in [1.29, 1.82) is 0 Å². The first-order valence-corrected chi connectivity index (χ1v) is 5.53. The van der Waals surface area contributed by atoms with Crippen molar-refractivity contribution in [1.82, 2.24) is 20.3 Å². The van der Waals surface area contributed by atoms with Gasteiger partial charge in [-0.05, 0) is 18.6 Å². The van der Waals surface area contributed by atoms with Crippen LogP contribution in [0.25, 0.3) is 0 Å². The molecule has 88 valence electrons. The van der Waals surface area contributed by atoms with Gasteiger partial charge in [-0.3, -0.25) is 9.48 Å². The zero-order chi connectivity index (χ0) is 11.9. The summed E-state index contributed by atoms with van der Waals surface area (Å²) in [5, 5.41) is 10.4. The van der Waals surface area contributed by atoms with Crippen LogP contribution < -0.4 is 5.32 Å². The van der Waals surface area contributed by atoms with Crippen LogP contribution >= 0.6 is 0 Å². The van der Waals surface area contributed by atoms with E-state index in [-0.39, 0.29) is 5.91 Å². The molecule has 0 aliphatic rings. The zero-order valence-electron chi connectivity index (χ0n) is 9.41. The van der Waals surface area contributed by atoms with E-state index in [1.807, 2.05) is 18.2 Å². The van der Waals surface area contributed by atoms with Gasteiger partial charge in [0.15, 0.2) is 0 Å². The summed E-state index contributed by atoms with van der Waals surface area (Å²) in [6.07, 6.45) is 4.28. The highest BCUT2D eigenvalue weighted by molar-refractivity contribution is 5.94. The van der Waals surface area contributed by atoms with E-state index in [0.29, 0.717) is 12.1 Å². The highest BCUT2D eigenvalue weighted by atomic mass is 16.1. The van der Waals surface area contributed by atoms with Gasteiger partial charge in [-0.25, -0.2) is 0 Å². The van der Waals surface area contributed by atoms with Crippen molar-refractivity contribution in [3.05, 3.63) is 48.3 Å². The number of benzene rings is 1. The summed E-state index contributed by atoms with van der Waals surface area (Å²) < 4.78 is 1.74. The predicted octanol–water partition coefficient (Wildman–Crippen LogP) is 1.10. The van der Waals surface area contributed by atoms with Gasteiger partial charge in [0.25, 0.3) is 5.91 Å². The molecule has 2 aromatic rings. The topological polar surface area (TPSA) is 59.8 Å². The summed E-state index contributed by atoms with van der Waals surface area (Å²) in [6.45, 7) is 1.39. The van der Waals surface area contributed by atoms with Crippen molar-refractivity contribution in [3.63, 3.8) is 0 Å². The maximum Gasteiger partial charge on any atom is 0.251 e. The first-order valence-electron chi connectivity index (χ1n) is 5.53. The molecule has 1 N–H and O–H groups in total. The van der Waals surface area contributed by atoms with E-state index in [0.717, 1.165) is 13.0 Å². The lowest BCUT2D eigenvalue weighted by Crippen LogP contribution is -2.25. The van der Waals surface area contributed by atoms with Gasteiger partial charge < -0.3 is 5.32 Å². The molecule has 0 radical (unpaired) electrons. The highest BCUT2D eigenvalue weighted by Gasteiger charge is 2.02. The minimum absolute atomic E-state index is 0.0378. The minimum Gasteiger partial charge on any atom is -0.352 e. The van der Waals surface area contributed by atoms with Gasteiger partial charge in [-0.1, -0.05) is 23.4 Å². The van der Waals surface area contributed by atoms with Crippen molar-refractivity contribution in [2.24, 2.45) is 0 Å². The van der Waals surface area contributed by atoms with Gasteiger partial charge in [0.1, 0.15) is 0 Å². The number of aromatic nitrogens is 3. The Morgan fingerprint density at radius 1 is 1.29 bits per heavy atom. The summed E-state index contributed by atoms with van der Waals surface area (Å²) in [5.41, 5.74) is 0.688. The molecule has 0 saturated heterocycles. The van der Waals surface area contributed by atoms with E-state index in [2.05, 4.69) is 15.6 Å². The quantitative estimate of drug-likeness (QED) is 0.782. The van der Waals surface area contributed by atoms with Crippen LogP contribution in [0.3, 0.4) is 0 Å². The number of nitrogens with zero attached hydrogens (tertiary/aromatic N) is 3. The molecule has 0 atom stereocenters. The Labute approximate surface area is 99.5 Å². The van der Waals surface area contributed by atoms with Crippen LogP contribution in [0.5, 0.6) is 0 Å². The monoisotopic (exact) mass is 230 g/mol. The molecule has 0 spiro atoms. The van der Waals surface area contributed by atoms with Gasteiger partial charge in [-0.2, -0.15) is 0 Å². The number of amides is 1. The lowest BCUT2D eigenvalue weighted by Gasteiger charge is -2.04. The molecule has 1 aromatic heterocycles. The van der Waals surface area contributed by atoms with Crippen molar-refractivity contribution < 1.29 is 4.79 Å². The van der Waals surface area contributed by atoms with Crippen LogP contribution in [0.1, 0.15) is 16.8 Å². The molecular formula is C12H14N4O. The van der Waals surface area contributed by atoms with Crippen molar-refractivity contribution in [3.8, 4) is 0 Å². The summed E-state index contributed by atoms with van der Waals surface area (Å²) in [4.78, 5) is 11.7. The number of carbonyl (C=O) groups is 1. The number of rotatable bonds is 5. The van der Waals surface area contributed by atoms with Crippen LogP contribution in [0.2, 0.25) is 0 Å². The molecule has 1 amide bonds. The average molecular weight is 230 g/mol. The largest absolute Gasteiger partial charge is 0.352 e. The van der Waals surface area contributed by atoms with Gasteiger partial charge in [-0.15, -0.1) is 5.10 Å². The third-order valence-corrected chi connectivity index (χ3v) is 2.36. The second-order valence-corrected chi connectivity index (χ2v) is 3.64. The van der Waals surface area contributed by atoms with Crippen LogP contribution in [0.15, 0.2) is 42.7 Å². The molecule has 17 heavy (non-hydrogen) atoms. The number of hydrogen-bond acceptors (Lipinski definition) is 3. The van der Waals surface area contributed by atoms with Gasteiger partial charge in [0, 0.05) is 24.8 Å². The van der Waals surface area contributed by atoms with Crippen molar-refractivity contribution in [2.45, 2.75) is 13.0 Å². The normalized spacial score (nSPS) is 10.1. The van der Waals surface area contributed by atoms with Crippen LogP contribution in [-0.4, -0.2) is 27.4 Å². The van der Waals surface area contributed by atoms with Crippen molar-refractivity contribution >= 4 is 5.91 Å². The SMILES string of the molecule is O=C(NCCCn1ccnn1)c1ccccc1. The molecular weight excluding hydrogens is 216 g/mol. The third kappa shape index (κ3) is 3.41. The molecule has 5 heteroatoms. The Balaban J connectivity index is 1.70. The summed E-state index contributed by atoms with van der Waals surface area (Å²) in [6, 6.07) is 9.19. The number of nitrogens with one attached hydrogen (secondary N) is 1. The Bertz CT molecular complexity index is 453. The van der Waals surface area contributed by atoms with E-state index in [1.165, 1.54) is 0 Å². The Morgan fingerprint density at radius 2 is 2.12 bits per heavy atom. The average Bonchev–Trinajstić information content (AvgIpc) is 2.88. The van der Waals surface area contributed by atoms with E-state index in [1.54, 1.807) is 29.2 Å². The van der Waals surface area contributed by atoms with Crippen LogP contribution in [0.4, 0.5) is 0 Å². The molecule has 0 unspecified atom stereocenters. The van der Waals surface area contributed by atoms with Crippen LogP contribution in [-0.2, 0) is 6.54 Å². The van der Waals surface area contributed by atoms with Gasteiger partial charge in [0.05, 0.1) is 6.20 Å². The second kappa shape index (κ2) is 5.79. The molecule has 0 aliphatic heterocycles. The Morgan fingerprint density at radius 3 is 2.82 bits per heavy atom. The molecule has 2 rings (SSSR count). The van der Waals surface area contributed by atoms with Crippen LogP contribution in [0, 0.1) is 0 Å². The first kappa shape index (κ1) is 11.3. The second-order valence-electron chi connectivity index (χ2n) is 3.64. The predicted molar refractivity (Wildman–Crippen MR) is 63.4 cm³/mol. The smallest absolute Gasteiger partial charge is 0.251 e.